The SMILES string of the molecule is OC[C@@H](OCc1ccccc1)[C@@H](OCc1ccccc1)[C@H](OCc1ccccc1)[C@@H](COCc1ccccc1)O[C@H]1O[C@H](COCc2ccccc2)[C@@H](OCc2ccccc2)[C@H](OCc2ccccc2)[C@@H]1OCc1ccccc1. The van der Waals surface area contributed by atoms with Crippen molar-refractivity contribution in [3.05, 3.63) is 287 Å². The molecule has 0 amide bonds. The van der Waals surface area contributed by atoms with E-state index in [1.54, 1.807) is 0 Å². The first-order valence-electron chi connectivity index (χ1n) is 27.2. The summed E-state index contributed by atoms with van der Waals surface area (Å²) >= 11 is 0. The maximum atomic E-state index is 11.5. The Balaban J connectivity index is 1.14. The van der Waals surface area contributed by atoms with E-state index in [1.165, 1.54) is 0 Å². The number of hydrogen-bond acceptors (Lipinski definition) is 11. The van der Waals surface area contributed by atoms with Crippen molar-refractivity contribution in [1.82, 2.24) is 0 Å². The highest BCUT2D eigenvalue weighted by Gasteiger charge is 2.51. The van der Waals surface area contributed by atoms with Crippen LogP contribution in [-0.2, 0) is 100 Å². The number of rotatable bonds is 32. The van der Waals surface area contributed by atoms with Crippen LogP contribution in [0.1, 0.15) is 44.5 Å². The van der Waals surface area contributed by atoms with Gasteiger partial charge in [0.2, 0.25) is 0 Å². The van der Waals surface area contributed by atoms with Crippen molar-refractivity contribution in [3.63, 3.8) is 0 Å². The van der Waals surface area contributed by atoms with Gasteiger partial charge in [0.05, 0.1) is 72.7 Å². The Labute approximate surface area is 465 Å². The molecule has 0 saturated carbocycles. The summed E-state index contributed by atoms with van der Waals surface area (Å²) in [5.41, 5.74) is 7.66. The zero-order valence-electron chi connectivity index (χ0n) is 44.6. The first kappa shape index (κ1) is 57.0. The van der Waals surface area contributed by atoms with E-state index in [9.17, 15) is 5.11 Å². The van der Waals surface area contributed by atoms with E-state index in [-0.39, 0.29) is 59.5 Å². The summed E-state index contributed by atoms with van der Waals surface area (Å²) in [7, 11) is 0. The van der Waals surface area contributed by atoms with Crippen LogP contribution in [0.2, 0.25) is 0 Å². The maximum Gasteiger partial charge on any atom is 0.187 e. The number of aliphatic hydroxyl groups is 1. The van der Waals surface area contributed by atoms with E-state index in [0.29, 0.717) is 6.61 Å². The van der Waals surface area contributed by atoms with Crippen LogP contribution in [0.25, 0.3) is 0 Å². The second-order valence-corrected chi connectivity index (χ2v) is 19.5. The van der Waals surface area contributed by atoms with Crippen LogP contribution >= 0.6 is 0 Å². The van der Waals surface area contributed by atoms with Gasteiger partial charge in [0.1, 0.15) is 48.8 Å². The highest BCUT2D eigenvalue weighted by atomic mass is 16.7. The Morgan fingerprint density at radius 3 is 1.04 bits per heavy atom. The van der Waals surface area contributed by atoms with E-state index in [1.807, 2.05) is 243 Å². The van der Waals surface area contributed by atoms with E-state index >= 15 is 0 Å². The lowest BCUT2D eigenvalue weighted by atomic mass is 9.97. The molecule has 0 bridgehead atoms. The maximum absolute atomic E-state index is 11.5. The summed E-state index contributed by atoms with van der Waals surface area (Å²) in [6.45, 7) is 1.59. The molecule has 11 nitrogen and oxygen atoms in total. The first-order valence-corrected chi connectivity index (χ1v) is 27.2. The van der Waals surface area contributed by atoms with Gasteiger partial charge in [-0.05, 0) is 44.5 Å². The summed E-state index contributed by atoms with van der Waals surface area (Å²) in [5.74, 6) is 0. The van der Waals surface area contributed by atoms with Crippen molar-refractivity contribution in [3.8, 4) is 0 Å². The van der Waals surface area contributed by atoms with E-state index in [2.05, 4.69) is 0 Å². The van der Waals surface area contributed by atoms with Gasteiger partial charge in [0, 0.05) is 0 Å². The van der Waals surface area contributed by atoms with Gasteiger partial charge in [-0.15, -0.1) is 0 Å². The topological polar surface area (TPSA) is 113 Å². The van der Waals surface area contributed by atoms with Gasteiger partial charge in [0.25, 0.3) is 0 Å². The molecule has 9 rings (SSSR count). The number of ether oxygens (including phenoxy) is 10. The Morgan fingerprint density at radius 1 is 0.329 bits per heavy atom. The molecule has 8 aromatic carbocycles. The molecule has 0 aliphatic carbocycles. The predicted octanol–water partition coefficient (Wildman–Crippen LogP) is 12.0. The van der Waals surface area contributed by atoms with Crippen LogP contribution < -0.4 is 0 Å². The number of hydrogen-bond donors (Lipinski definition) is 1. The first-order chi connectivity index (χ1) is 39.1. The van der Waals surface area contributed by atoms with Crippen molar-refractivity contribution >= 4 is 0 Å². The van der Waals surface area contributed by atoms with Crippen molar-refractivity contribution in [2.45, 2.75) is 108 Å². The van der Waals surface area contributed by atoms with Gasteiger partial charge in [-0.3, -0.25) is 0 Å². The van der Waals surface area contributed by atoms with Gasteiger partial charge in [-0.1, -0.05) is 243 Å². The molecule has 0 aromatic heterocycles. The standard InChI is InChI=1S/C68H72O11/c69-41-60(72-44-54-29-13-3-14-30-54)63(73-45-55-31-15-4-16-32-55)64(74-46-56-33-17-5-18-34-56)61(50-70-42-52-25-9-1-10-26-52)78-68-67(77-49-59-39-23-8-24-40-59)66(76-48-58-37-21-7-22-38-58)65(75-47-57-35-19-6-20-36-57)62(79-68)51-71-43-53-27-11-2-12-28-53/h1-40,60-69H,41-51H2/t60-,61-,62-,63-,64-,65-,66+,67+,68+/m1/s1. The van der Waals surface area contributed by atoms with Crippen LogP contribution in [0.4, 0.5) is 0 Å². The molecular weight excluding hydrogens is 993 g/mol. The highest BCUT2D eigenvalue weighted by molar-refractivity contribution is 5.19. The molecule has 1 N–H and O–H groups in total. The molecule has 11 heteroatoms. The third-order valence-electron chi connectivity index (χ3n) is 13.7. The molecule has 9 atom stereocenters. The van der Waals surface area contributed by atoms with E-state index in [0.717, 1.165) is 44.5 Å². The zero-order valence-corrected chi connectivity index (χ0v) is 44.6. The smallest absolute Gasteiger partial charge is 0.187 e. The Bertz CT molecular complexity index is 2840. The van der Waals surface area contributed by atoms with E-state index < -0.39 is 61.7 Å². The third kappa shape index (κ3) is 18.2. The third-order valence-corrected chi connectivity index (χ3v) is 13.7. The molecule has 8 aromatic rings. The molecule has 1 aliphatic heterocycles. The fourth-order valence-electron chi connectivity index (χ4n) is 9.50. The molecule has 1 saturated heterocycles. The normalized spacial score (nSPS) is 18.8. The molecule has 1 fully saturated rings. The van der Waals surface area contributed by atoms with Gasteiger partial charge >= 0.3 is 0 Å². The second-order valence-electron chi connectivity index (χ2n) is 19.5. The molecular formula is C68H72O11. The molecule has 0 radical (unpaired) electrons. The molecule has 0 unspecified atom stereocenters. The second kappa shape index (κ2) is 31.8. The van der Waals surface area contributed by atoms with Crippen molar-refractivity contribution in [1.29, 1.82) is 0 Å². The summed E-state index contributed by atoms with van der Waals surface area (Å²) in [5, 5.41) is 11.5. The lowest BCUT2D eigenvalue weighted by molar-refractivity contribution is -0.347. The average molecular weight is 1070 g/mol. The zero-order chi connectivity index (χ0) is 53.9. The average Bonchev–Trinajstić information content (AvgIpc) is 3.54. The van der Waals surface area contributed by atoms with Crippen LogP contribution in [0.3, 0.4) is 0 Å². The fraction of sp³-hybridized carbons (Fsp3) is 0.294. The van der Waals surface area contributed by atoms with Crippen molar-refractivity contribution in [2.24, 2.45) is 0 Å². The molecule has 410 valence electrons. The minimum absolute atomic E-state index is 0.000293. The lowest BCUT2D eigenvalue weighted by Crippen LogP contribution is -2.63. The minimum atomic E-state index is -1.15. The van der Waals surface area contributed by atoms with Gasteiger partial charge in [0.15, 0.2) is 6.29 Å². The van der Waals surface area contributed by atoms with Gasteiger partial charge in [-0.2, -0.15) is 0 Å². The predicted molar refractivity (Wildman–Crippen MR) is 303 cm³/mol. The van der Waals surface area contributed by atoms with Crippen LogP contribution in [0.5, 0.6) is 0 Å². The number of benzene rings is 8. The van der Waals surface area contributed by atoms with Crippen LogP contribution in [0.15, 0.2) is 243 Å². The minimum Gasteiger partial charge on any atom is -0.394 e. The van der Waals surface area contributed by atoms with Gasteiger partial charge in [-0.25, -0.2) is 0 Å². The van der Waals surface area contributed by atoms with Crippen molar-refractivity contribution in [2.75, 3.05) is 19.8 Å². The summed E-state index contributed by atoms with van der Waals surface area (Å²) < 4.78 is 70.3. The fourth-order valence-corrected chi connectivity index (χ4v) is 9.50. The summed E-state index contributed by atoms with van der Waals surface area (Å²) in [4.78, 5) is 0. The number of aliphatic hydroxyl groups excluding tert-OH is 1. The molecule has 1 aliphatic rings. The highest BCUT2D eigenvalue weighted by Crippen LogP contribution is 2.34. The van der Waals surface area contributed by atoms with Crippen LogP contribution in [-0.4, -0.2) is 80.0 Å². The quantitative estimate of drug-likeness (QED) is 0.0435. The molecule has 1 heterocycles. The Hall–Kier alpha value is -6.68. The molecule has 79 heavy (non-hydrogen) atoms. The summed E-state index contributed by atoms with van der Waals surface area (Å²) in [6, 6.07) is 79.9. The lowest BCUT2D eigenvalue weighted by Gasteiger charge is -2.47. The Kier molecular flexibility index (Phi) is 22.9. The Morgan fingerprint density at radius 2 is 0.646 bits per heavy atom. The largest absolute Gasteiger partial charge is 0.394 e. The van der Waals surface area contributed by atoms with E-state index in [4.69, 9.17) is 47.4 Å². The van der Waals surface area contributed by atoms with Gasteiger partial charge < -0.3 is 52.5 Å². The summed E-state index contributed by atoms with van der Waals surface area (Å²) in [6.07, 6.45) is -8.06. The molecule has 0 spiro atoms. The van der Waals surface area contributed by atoms with Crippen LogP contribution in [0, 0.1) is 0 Å². The monoisotopic (exact) mass is 1060 g/mol. The van der Waals surface area contributed by atoms with Crippen molar-refractivity contribution < 1.29 is 52.5 Å².